The molecule has 0 amide bonds. The van der Waals surface area contributed by atoms with Gasteiger partial charge in [0.2, 0.25) is 5.83 Å². The molecule has 0 aliphatic heterocycles. The third-order valence-corrected chi connectivity index (χ3v) is 1.58. The largest absolute Gasteiger partial charge is 0.307 e. The molecule has 0 N–H and O–H groups in total. The first kappa shape index (κ1) is 12.4. The Kier molecular flexibility index (Phi) is 4.95. The van der Waals surface area contributed by atoms with Crippen LogP contribution in [0.1, 0.15) is 32.6 Å². The topological polar surface area (TPSA) is 0 Å². The second kappa shape index (κ2) is 5.19. The Labute approximate surface area is 73.4 Å². The van der Waals surface area contributed by atoms with E-state index in [1.54, 1.807) is 6.92 Å². The number of hydrogen-bond donors (Lipinski definition) is 0. The molecule has 0 nitrogen and oxygen atoms in total. The van der Waals surface area contributed by atoms with E-state index in [0.717, 1.165) is 0 Å². The van der Waals surface area contributed by atoms with Gasteiger partial charge in [0.1, 0.15) is 0 Å². The summed E-state index contributed by atoms with van der Waals surface area (Å²) in [6, 6.07) is 0. The van der Waals surface area contributed by atoms with E-state index in [-0.39, 0.29) is 6.42 Å². The molecule has 0 aromatic carbocycles. The zero-order valence-electron chi connectivity index (χ0n) is 7.22. The average molecular weight is 202 g/mol. The Morgan fingerprint density at radius 2 is 1.62 bits per heavy atom. The molecule has 0 heterocycles. The molecule has 0 atom stereocenters. The van der Waals surface area contributed by atoms with Crippen LogP contribution in [0.15, 0.2) is 11.9 Å². The quantitative estimate of drug-likeness (QED) is 0.461. The molecule has 0 rings (SSSR count). The van der Waals surface area contributed by atoms with Crippen molar-refractivity contribution in [1.29, 1.82) is 0 Å². The molecule has 0 saturated carbocycles. The highest BCUT2D eigenvalue weighted by Crippen LogP contribution is 2.33. The van der Waals surface area contributed by atoms with Crippen molar-refractivity contribution in [2.45, 2.75) is 38.5 Å². The van der Waals surface area contributed by atoms with Crippen molar-refractivity contribution in [1.82, 2.24) is 0 Å². The number of allylic oxidation sites excluding steroid dienone is 1. The van der Waals surface area contributed by atoms with E-state index in [0.29, 0.717) is 12.8 Å². The maximum atomic E-state index is 12.5. The molecule has 0 saturated heterocycles. The van der Waals surface area contributed by atoms with Gasteiger partial charge in [-0.3, -0.25) is 0 Å². The monoisotopic (exact) mass is 202 g/mol. The molecule has 0 spiro atoms. The summed E-state index contributed by atoms with van der Waals surface area (Å²) in [6.45, 7) is 1.78. The van der Waals surface area contributed by atoms with Crippen LogP contribution in [0.4, 0.5) is 22.0 Å². The van der Waals surface area contributed by atoms with E-state index in [2.05, 4.69) is 0 Å². The van der Waals surface area contributed by atoms with Crippen LogP contribution in [0.5, 0.6) is 0 Å². The van der Waals surface area contributed by atoms with E-state index in [4.69, 9.17) is 0 Å². The van der Waals surface area contributed by atoms with E-state index < -0.39 is 24.3 Å². The summed E-state index contributed by atoms with van der Waals surface area (Å²) < 4.78 is 60.0. The van der Waals surface area contributed by atoms with Crippen molar-refractivity contribution in [3.8, 4) is 0 Å². The van der Waals surface area contributed by atoms with Crippen LogP contribution in [0.2, 0.25) is 0 Å². The summed E-state index contributed by atoms with van der Waals surface area (Å²) >= 11 is 0. The second-order valence-electron chi connectivity index (χ2n) is 2.74. The number of hydrogen-bond acceptors (Lipinski definition) is 0. The van der Waals surface area contributed by atoms with Gasteiger partial charge in [0.15, 0.2) is 0 Å². The molecule has 78 valence electrons. The fourth-order valence-electron chi connectivity index (χ4n) is 0.845. The maximum absolute atomic E-state index is 12.5. The normalized spacial score (nSPS) is 11.5. The van der Waals surface area contributed by atoms with E-state index in [1.807, 2.05) is 0 Å². The Balaban J connectivity index is 4.15. The minimum absolute atomic E-state index is 0.0458. The van der Waals surface area contributed by atoms with Gasteiger partial charge in [0.25, 0.3) is 0 Å². The lowest BCUT2D eigenvalue weighted by molar-refractivity contribution is 0.000183. The van der Waals surface area contributed by atoms with Crippen LogP contribution in [-0.4, -0.2) is 5.92 Å². The molecule has 0 aromatic heterocycles. The van der Waals surface area contributed by atoms with Crippen molar-refractivity contribution in [2.75, 3.05) is 0 Å². The van der Waals surface area contributed by atoms with Crippen LogP contribution in [-0.2, 0) is 0 Å². The summed E-state index contributed by atoms with van der Waals surface area (Å²) in [6.07, 6.45) is -2.58. The van der Waals surface area contributed by atoms with Crippen LogP contribution in [0, 0.1) is 0 Å². The summed E-state index contributed by atoms with van der Waals surface area (Å²) in [4.78, 5) is 0. The Hall–Kier alpha value is -0.610. The molecule has 0 bridgehead atoms. The molecule has 0 unspecified atom stereocenters. The molecule has 0 radical (unpaired) electrons. The average Bonchev–Trinajstić information content (AvgIpc) is 2.03. The fourth-order valence-corrected chi connectivity index (χ4v) is 0.845. The van der Waals surface area contributed by atoms with E-state index >= 15 is 0 Å². The van der Waals surface area contributed by atoms with Crippen molar-refractivity contribution < 1.29 is 22.0 Å². The van der Waals surface area contributed by atoms with Gasteiger partial charge in [-0.05, 0) is 6.42 Å². The Morgan fingerprint density at radius 3 is 2.00 bits per heavy atom. The van der Waals surface area contributed by atoms with Crippen molar-refractivity contribution in [3.05, 3.63) is 11.9 Å². The molecular formula is C8H11F5. The van der Waals surface area contributed by atoms with Gasteiger partial charge in [0.05, 0.1) is 0 Å². The smallest absolute Gasteiger partial charge is 0.199 e. The summed E-state index contributed by atoms with van der Waals surface area (Å²) in [5.74, 6) is -6.60. The number of rotatable bonds is 5. The summed E-state index contributed by atoms with van der Waals surface area (Å²) in [5.41, 5.74) is 0. The number of alkyl halides is 2. The number of halogens is 5. The standard InChI is InChI=1S/C8H11F5/c1-2-3-4-5-8(12,13)6(9)7(10)11/h2-5H2,1H3. The van der Waals surface area contributed by atoms with Gasteiger partial charge in [-0.2, -0.15) is 22.0 Å². The van der Waals surface area contributed by atoms with Gasteiger partial charge in [0, 0.05) is 6.42 Å². The second-order valence-corrected chi connectivity index (χ2v) is 2.74. The summed E-state index contributed by atoms with van der Waals surface area (Å²) in [5, 5.41) is 0. The lowest BCUT2D eigenvalue weighted by atomic mass is 10.1. The predicted octanol–water partition coefficient (Wildman–Crippen LogP) is 4.28. The molecule has 0 aromatic rings. The van der Waals surface area contributed by atoms with Crippen molar-refractivity contribution in [3.63, 3.8) is 0 Å². The Morgan fingerprint density at radius 1 is 1.08 bits per heavy atom. The molecular weight excluding hydrogens is 191 g/mol. The zero-order valence-corrected chi connectivity index (χ0v) is 7.22. The van der Waals surface area contributed by atoms with Crippen molar-refractivity contribution >= 4 is 0 Å². The zero-order chi connectivity index (χ0) is 10.5. The van der Waals surface area contributed by atoms with E-state index in [1.165, 1.54) is 0 Å². The first-order valence-corrected chi connectivity index (χ1v) is 4.01. The minimum Gasteiger partial charge on any atom is -0.199 e. The van der Waals surface area contributed by atoms with Crippen molar-refractivity contribution in [2.24, 2.45) is 0 Å². The first-order chi connectivity index (χ1) is 5.91. The van der Waals surface area contributed by atoms with Crippen LogP contribution >= 0.6 is 0 Å². The third-order valence-electron chi connectivity index (χ3n) is 1.58. The van der Waals surface area contributed by atoms with Gasteiger partial charge < -0.3 is 0 Å². The van der Waals surface area contributed by atoms with Crippen LogP contribution in [0.25, 0.3) is 0 Å². The molecule has 0 aliphatic carbocycles. The first-order valence-electron chi connectivity index (χ1n) is 4.01. The maximum Gasteiger partial charge on any atom is 0.307 e. The highest BCUT2D eigenvalue weighted by atomic mass is 19.3. The van der Waals surface area contributed by atoms with Crippen LogP contribution < -0.4 is 0 Å². The van der Waals surface area contributed by atoms with Gasteiger partial charge in [-0.25, -0.2) is 0 Å². The third kappa shape index (κ3) is 4.24. The Bertz CT molecular complexity index is 181. The minimum atomic E-state index is -4.01. The highest BCUT2D eigenvalue weighted by molar-refractivity contribution is 5.04. The molecule has 0 aliphatic rings. The highest BCUT2D eigenvalue weighted by Gasteiger charge is 2.37. The predicted molar refractivity (Wildman–Crippen MR) is 39.4 cm³/mol. The van der Waals surface area contributed by atoms with Gasteiger partial charge in [-0.15, -0.1) is 0 Å². The SMILES string of the molecule is CCCCCC(F)(F)C(F)=C(F)F. The lowest BCUT2D eigenvalue weighted by Crippen LogP contribution is -2.17. The number of unbranched alkanes of at least 4 members (excludes halogenated alkanes) is 2. The van der Waals surface area contributed by atoms with Crippen LogP contribution in [0.3, 0.4) is 0 Å². The van der Waals surface area contributed by atoms with E-state index in [9.17, 15) is 22.0 Å². The molecule has 0 fully saturated rings. The summed E-state index contributed by atoms with van der Waals surface area (Å²) in [7, 11) is 0. The molecule has 13 heavy (non-hydrogen) atoms. The van der Waals surface area contributed by atoms with Gasteiger partial charge in [-0.1, -0.05) is 19.8 Å². The fraction of sp³-hybridized carbons (Fsp3) is 0.750. The lowest BCUT2D eigenvalue weighted by Gasteiger charge is -2.12. The van der Waals surface area contributed by atoms with Gasteiger partial charge >= 0.3 is 12.0 Å². The molecule has 5 heteroatoms.